The summed E-state index contributed by atoms with van der Waals surface area (Å²) in [6.07, 6.45) is 0. The van der Waals surface area contributed by atoms with Crippen molar-refractivity contribution in [3.8, 4) is 0 Å². The Bertz CT molecular complexity index is 1160. The number of hydrogen-bond acceptors (Lipinski definition) is 2. The molecule has 4 rings (SSSR count). The molecule has 5 nitrogen and oxygen atoms in total. The van der Waals surface area contributed by atoms with Crippen molar-refractivity contribution >= 4 is 57.9 Å². The van der Waals surface area contributed by atoms with Gasteiger partial charge in [-0.1, -0.05) is 59.1 Å². The number of hydrogen-bond donors (Lipinski definition) is 1. The fraction of sp³-hybridized carbons (Fsp3) is 0.167. The summed E-state index contributed by atoms with van der Waals surface area (Å²) in [7, 11) is 0. The van der Waals surface area contributed by atoms with Gasteiger partial charge in [0, 0.05) is 35.4 Å². The fourth-order valence-electron chi connectivity index (χ4n) is 3.76. The molecule has 0 bridgehead atoms. The Balaban J connectivity index is 1.58. The van der Waals surface area contributed by atoms with Gasteiger partial charge in [-0.05, 0) is 48.0 Å². The topological polar surface area (TPSA) is 39.9 Å². The predicted molar refractivity (Wildman–Crippen MR) is 131 cm³/mol. The number of piperazine rings is 1. The largest absolute Gasteiger partial charge is 0.360 e. The van der Waals surface area contributed by atoms with E-state index in [9.17, 15) is 4.79 Å². The molecule has 0 aromatic heterocycles. The smallest absolute Gasteiger partial charge is 0.321 e. The molecule has 0 radical (unpaired) electrons. The van der Waals surface area contributed by atoms with Crippen LogP contribution in [0.4, 0.5) is 21.9 Å². The van der Waals surface area contributed by atoms with Crippen LogP contribution in [0.1, 0.15) is 11.6 Å². The Morgan fingerprint density at radius 1 is 0.938 bits per heavy atom. The Morgan fingerprint density at radius 3 is 2.28 bits per heavy atom. The molecule has 1 saturated heterocycles. The molecule has 1 aliphatic heterocycles. The van der Waals surface area contributed by atoms with E-state index in [2.05, 4.69) is 15.1 Å². The van der Waals surface area contributed by atoms with Crippen LogP contribution < -0.4 is 10.2 Å². The number of halogens is 3. The number of anilines is 2. The third kappa shape index (κ3) is 4.94. The van der Waals surface area contributed by atoms with Gasteiger partial charge in [-0.3, -0.25) is 0 Å². The van der Waals surface area contributed by atoms with Crippen LogP contribution in [0.25, 0.3) is 4.85 Å². The Morgan fingerprint density at radius 2 is 1.62 bits per heavy atom. The maximum absolute atomic E-state index is 13.0. The van der Waals surface area contributed by atoms with Crippen LogP contribution in [0, 0.1) is 6.57 Å². The van der Waals surface area contributed by atoms with Gasteiger partial charge in [0.15, 0.2) is 5.69 Å². The summed E-state index contributed by atoms with van der Waals surface area (Å²) in [6.45, 7) is 8.63. The van der Waals surface area contributed by atoms with Crippen LogP contribution in [-0.4, -0.2) is 30.6 Å². The summed E-state index contributed by atoms with van der Waals surface area (Å²) in [6, 6.07) is 19.6. The van der Waals surface area contributed by atoms with E-state index in [1.54, 1.807) is 35.2 Å². The first-order valence-electron chi connectivity index (χ1n) is 9.95. The van der Waals surface area contributed by atoms with Crippen LogP contribution in [0.2, 0.25) is 15.1 Å². The quantitative estimate of drug-likeness (QED) is 0.396. The molecule has 3 aromatic rings. The monoisotopic (exact) mass is 484 g/mol. The molecule has 1 fully saturated rings. The Hall–Kier alpha value is -2.91. The Labute approximate surface area is 201 Å². The van der Waals surface area contributed by atoms with Gasteiger partial charge in [-0.25, -0.2) is 9.64 Å². The van der Waals surface area contributed by atoms with Crippen LogP contribution in [0.3, 0.4) is 0 Å². The molecule has 2 amide bonds. The first kappa shape index (κ1) is 22.3. The normalized spacial score (nSPS) is 15.9. The van der Waals surface area contributed by atoms with E-state index in [0.29, 0.717) is 46.1 Å². The van der Waals surface area contributed by atoms with Crippen LogP contribution in [0.15, 0.2) is 66.7 Å². The molecule has 1 N–H and O–H groups in total. The fourth-order valence-corrected chi connectivity index (χ4v) is 4.41. The van der Waals surface area contributed by atoms with Gasteiger partial charge in [0.2, 0.25) is 0 Å². The lowest BCUT2D eigenvalue weighted by molar-refractivity contribution is 0.198. The van der Waals surface area contributed by atoms with Crippen LogP contribution in [-0.2, 0) is 0 Å². The third-order valence-electron chi connectivity index (χ3n) is 5.39. The molecule has 0 aliphatic carbocycles. The average Bonchev–Trinajstić information content (AvgIpc) is 2.80. The zero-order chi connectivity index (χ0) is 22.7. The van der Waals surface area contributed by atoms with E-state index < -0.39 is 0 Å². The second-order valence-electron chi connectivity index (χ2n) is 7.39. The van der Waals surface area contributed by atoms with E-state index in [0.717, 1.165) is 11.3 Å². The molecule has 1 heterocycles. The van der Waals surface area contributed by atoms with Gasteiger partial charge in [0.1, 0.15) is 0 Å². The summed E-state index contributed by atoms with van der Waals surface area (Å²) >= 11 is 18.7. The van der Waals surface area contributed by atoms with E-state index in [1.165, 1.54) is 0 Å². The highest BCUT2D eigenvalue weighted by Crippen LogP contribution is 2.37. The van der Waals surface area contributed by atoms with Crippen molar-refractivity contribution in [1.82, 2.24) is 4.90 Å². The van der Waals surface area contributed by atoms with Gasteiger partial charge >= 0.3 is 6.03 Å². The first-order chi connectivity index (χ1) is 15.4. The zero-order valence-electron chi connectivity index (χ0n) is 16.9. The number of carbonyl (C=O) groups excluding carboxylic acids is 1. The minimum atomic E-state index is -0.193. The molecular weight excluding hydrogens is 467 g/mol. The number of rotatable bonds is 3. The highest BCUT2D eigenvalue weighted by atomic mass is 35.5. The number of urea groups is 1. The number of carbonyl (C=O) groups is 1. The SMILES string of the molecule is [C-]#[N+]c1ccc(NC(=O)N2CCN(c3ccc(Cl)cc3Cl)C(c3ccc(Cl)cc3)C2)cc1. The van der Waals surface area contributed by atoms with E-state index >= 15 is 0 Å². The van der Waals surface area contributed by atoms with Crippen molar-refractivity contribution in [2.75, 3.05) is 29.9 Å². The number of nitrogens with zero attached hydrogens (tertiary/aromatic N) is 3. The van der Waals surface area contributed by atoms with Gasteiger partial charge in [-0.15, -0.1) is 0 Å². The van der Waals surface area contributed by atoms with Gasteiger partial charge in [0.25, 0.3) is 0 Å². The number of amides is 2. The summed E-state index contributed by atoms with van der Waals surface area (Å²) < 4.78 is 0. The van der Waals surface area contributed by atoms with Crippen LogP contribution >= 0.6 is 34.8 Å². The van der Waals surface area contributed by atoms with Crippen molar-refractivity contribution < 1.29 is 4.79 Å². The molecule has 1 aliphatic rings. The maximum Gasteiger partial charge on any atom is 0.321 e. The molecular formula is C24H19Cl3N4O. The highest BCUT2D eigenvalue weighted by molar-refractivity contribution is 6.36. The Kier molecular flexibility index (Phi) is 6.76. The molecule has 3 aromatic carbocycles. The standard InChI is InChI=1S/C24H19Cl3N4O/c1-28-19-7-9-20(10-8-19)29-24(32)30-12-13-31(22-11-6-18(26)14-21(22)27)23(15-30)16-2-4-17(25)5-3-16/h2-11,14,23H,12-13,15H2,(H,29,32). The van der Waals surface area contributed by atoms with Crippen molar-refractivity contribution in [3.05, 3.63) is 98.8 Å². The van der Waals surface area contributed by atoms with Crippen molar-refractivity contribution in [2.45, 2.75) is 6.04 Å². The molecule has 8 heteroatoms. The van der Waals surface area contributed by atoms with Crippen molar-refractivity contribution in [3.63, 3.8) is 0 Å². The molecule has 1 unspecified atom stereocenters. The second kappa shape index (κ2) is 9.70. The van der Waals surface area contributed by atoms with E-state index in [-0.39, 0.29) is 12.1 Å². The second-order valence-corrected chi connectivity index (χ2v) is 8.67. The van der Waals surface area contributed by atoms with Gasteiger partial charge in [-0.2, -0.15) is 0 Å². The van der Waals surface area contributed by atoms with E-state index in [4.69, 9.17) is 41.4 Å². The molecule has 1 atom stereocenters. The highest BCUT2D eigenvalue weighted by Gasteiger charge is 2.32. The summed E-state index contributed by atoms with van der Waals surface area (Å²) in [5.41, 5.74) is 3.07. The lowest BCUT2D eigenvalue weighted by Crippen LogP contribution is -2.51. The third-order valence-corrected chi connectivity index (χ3v) is 6.18. The van der Waals surface area contributed by atoms with Gasteiger partial charge < -0.3 is 15.1 Å². The lowest BCUT2D eigenvalue weighted by atomic mass is 10.0. The average molecular weight is 486 g/mol. The summed E-state index contributed by atoms with van der Waals surface area (Å²) in [5, 5.41) is 4.71. The summed E-state index contributed by atoms with van der Waals surface area (Å²) in [4.78, 5) is 20.3. The predicted octanol–water partition coefficient (Wildman–Crippen LogP) is 7.29. The molecule has 0 spiro atoms. The maximum atomic E-state index is 13.0. The molecule has 162 valence electrons. The van der Waals surface area contributed by atoms with Crippen molar-refractivity contribution in [1.29, 1.82) is 0 Å². The number of nitrogens with one attached hydrogen (secondary N) is 1. The summed E-state index contributed by atoms with van der Waals surface area (Å²) in [5.74, 6) is 0. The van der Waals surface area contributed by atoms with Crippen LogP contribution in [0.5, 0.6) is 0 Å². The zero-order valence-corrected chi connectivity index (χ0v) is 19.2. The lowest BCUT2D eigenvalue weighted by Gasteiger charge is -2.43. The van der Waals surface area contributed by atoms with Gasteiger partial charge in [0.05, 0.1) is 23.3 Å². The van der Waals surface area contributed by atoms with E-state index in [1.807, 2.05) is 36.4 Å². The first-order valence-corrected chi connectivity index (χ1v) is 11.1. The molecule has 32 heavy (non-hydrogen) atoms. The number of benzene rings is 3. The minimum Gasteiger partial charge on any atom is -0.360 e. The van der Waals surface area contributed by atoms with Crippen molar-refractivity contribution in [2.24, 2.45) is 0 Å². The minimum absolute atomic E-state index is 0.116. The molecule has 0 saturated carbocycles.